The topological polar surface area (TPSA) is 94.1 Å². The highest BCUT2D eigenvalue weighted by Gasteiger charge is 2.52. The maximum absolute atomic E-state index is 13.2. The van der Waals surface area contributed by atoms with Gasteiger partial charge in [0, 0.05) is 6.04 Å². The number of rotatable bonds is 5. The molecule has 1 aromatic carbocycles. The van der Waals surface area contributed by atoms with Crippen molar-refractivity contribution in [1.29, 1.82) is 0 Å². The molecule has 2 fully saturated rings. The van der Waals surface area contributed by atoms with Gasteiger partial charge in [-0.2, -0.15) is 0 Å². The normalized spacial score (nSPS) is 26.3. The number of hydrogen-bond acceptors (Lipinski definition) is 6. The molecule has 2 heterocycles. The van der Waals surface area contributed by atoms with Gasteiger partial charge in [-0.3, -0.25) is 0 Å². The molecule has 31 heavy (non-hydrogen) atoms. The molecule has 0 amide bonds. The number of aliphatic hydroxyl groups is 1. The zero-order chi connectivity index (χ0) is 23.4. The Hall–Kier alpha value is -0.965. The summed E-state index contributed by atoms with van der Waals surface area (Å²) in [6.45, 7) is 15.2. The lowest BCUT2D eigenvalue weighted by Crippen LogP contribution is -2.48. The smallest absolute Gasteiger partial charge is 0.399 e. The van der Waals surface area contributed by atoms with Crippen molar-refractivity contribution in [2.24, 2.45) is 0 Å². The van der Waals surface area contributed by atoms with Crippen LogP contribution in [0.5, 0.6) is 0 Å². The predicted molar refractivity (Wildman–Crippen MR) is 121 cm³/mol. The fourth-order valence-corrected chi connectivity index (χ4v) is 5.56. The Kier molecular flexibility index (Phi) is 6.46. The molecule has 7 nitrogen and oxygen atoms in total. The van der Waals surface area contributed by atoms with E-state index in [2.05, 4.69) is 4.72 Å². The SMILES string of the molecule is Cc1cc(C)c(S(=O)(=O)N[C@@H]2CC[C@@H](C(C)(C)O)OC2)cc1B1OC(C)(C)C(C)(C)O1. The summed E-state index contributed by atoms with van der Waals surface area (Å²) in [6, 6.07) is 3.18. The molecule has 0 radical (unpaired) electrons. The van der Waals surface area contributed by atoms with Crippen LogP contribution in [0.2, 0.25) is 0 Å². The van der Waals surface area contributed by atoms with E-state index >= 15 is 0 Å². The van der Waals surface area contributed by atoms with Crippen LogP contribution in [-0.4, -0.2) is 56.2 Å². The number of aryl methyl sites for hydroxylation is 2. The summed E-state index contributed by atoms with van der Waals surface area (Å²) in [7, 11) is -4.41. The molecule has 174 valence electrons. The second kappa shape index (κ2) is 8.11. The van der Waals surface area contributed by atoms with Crippen LogP contribution >= 0.6 is 0 Å². The molecular weight excluding hydrogens is 417 g/mol. The van der Waals surface area contributed by atoms with Gasteiger partial charge in [0.15, 0.2) is 0 Å². The average molecular weight is 453 g/mol. The van der Waals surface area contributed by atoms with Crippen LogP contribution in [0, 0.1) is 13.8 Å². The van der Waals surface area contributed by atoms with Crippen molar-refractivity contribution in [1.82, 2.24) is 4.72 Å². The van der Waals surface area contributed by atoms with Crippen LogP contribution < -0.4 is 10.2 Å². The molecule has 2 aliphatic heterocycles. The van der Waals surface area contributed by atoms with Crippen LogP contribution in [0.25, 0.3) is 0 Å². The summed E-state index contributed by atoms with van der Waals surface area (Å²) in [6.07, 6.45) is 0.885. The fourth-order valence-electron chi connectivity index (χ4n) is 4.05. The van der Waals surface area contributed by atoms with Crippen molar-refractivity contribution in [2.75, 3.05) is 6.61 Å². The molecule has 2 atom stereocenters. The lowest BCUT2D eigenvalue weighted by atomic mass is 9.76. The van der Waals surface area contributed by atoms with Crippen molar-refractivity contribution in [3.63, 3.8) is 0 Å². The average Bonchev–Trinajstić information content (AvgIpc) is 2.81. The summed E-state index contributed by atoms with van der Waals surface area (Å²) in [5, 5.41) is 10.1. The highest BCUT2D eigenvalue weighted by molar-refractivity contribution is 7.89. The number of hydrogen-bond donors (Lipinski definition) is 2. The van der Waals surface area contributed by atoms with Gasteiger partial charge in [-0.1, -0.05) is 11.6 Å². The highest BCUT2D eigenvalue weighted by Crippen LogP contribution is 2.37. The van der Waals surface area contributed by atoms with Gasteiger partial charge in [-0.25, -0.2) is 13.1 Å². The molecule has 1 aromatic rings. The summed E-state index contributed by atoms with van der Waals surface area (Å²) < 4.78 is 47.3. The lowest BCUT2D eigenvalue weighted by molar-refractivity contribution is -0.113. The van der Waals surface area contributed by atoms with E-state index in [4.69, 9.17) is 14.0 Å². The minimum Gasteiger partial charge on any atom is -0.399 e. The Labute approximate surface area is 187 Å². The number of sulfonamides is 1. The molecule has 0 aromatic heterocycles. The number of ether oxygens (including phenoxy) is 1. The minimum absolute atomic E-state index is 0.215. The zero-order valence-electron chi connectivity index (χ0n) is 19.9. The Morgan fingerprint density at radius 3 is 2.13 bits per heavy atom. The first kappa shape index (κ1) is 24.7. The summed E-state index contributed by atoms with van der Waals surface area (Å²) in [5.74, 6) is 0. The van der Waals surface area contributed by atoms with Crippen LogP contribution in [-0.2, 0) is 24.1 Å². The summed E-state index contributed by atoms with van der Waals surface area (Å²) in [4.78, 5) is 0.215. The third-order valence-electron chi connectivity index (χ3n) is 6.75. The van der Waals surface area contributed by atoms with Crippen LogP contribution in [0.15, 0.2) is 17.0 Å². The van der Waals surface area contributed by atoms with E-state index in [-0.39, 0.29) is 23.6 Å². The van der Waals surface area contributed by atoms with Crippen LogP contribution in [0.3, 0.4) is 0 Å². The van der Waals surface area contributed by atoms with E-state index in [1.165, 1.54) is 0 Å². The van der Waals surface area contributed by atoms with Gasteiger partial charge < -0.3 is 19.2 Å². The predicted octanol–water partition coefficient (Wildman–Crippen LogP) is 2.20. The molecule has 0 aliphatic carbocycles. The highest BCUT2D eigenvalue weighted by atomic mass is 32.2. The largest absolute Gasteiger partial charge is 0.495 e. The van der Waals surface area contributed by atoms with Gasteiger partial charge in [0.2, 0.25) is 10.0 Å². The molecule has 2 N–H and O–H groups in total. The summed E-state index contributed by atoms with van der Waals surface area (Å²) in [5.41, 5.74) is 0.326. The third-order valence-corrected chi connectivity index (χ3v) is 8.41. The molecule has 0 spiro atoms. The van der Waals surface area contributed by atoms with Gasteiger partial charge in [0.1, 0.15) is 0 Å². The maximum Gasteiger partial charge on any atom is 0.495 e. The molecule has 0 saturated carbocycles. The van der Waals surface area contributed by atoms with E-state index in [0.717, 1.165) is 5.56 Å². The van der Waals surface area contributed by atoms with Gasteiger partial charge in [-0.15, -0.1) is 0 Å². The van der Waals surface area contributed by atoms with Crippen molar-refractivity contribution >= 4 is 22.6 Å². The van der Waals surface area contributed by atoms with E-state index in [9.17, 15) is 13.5 Å². The molecule has 2 aliphatic rings. The van der Waals surface area contributed by atoms with Crippen molar-refractivity contribution < 1.29 is 27.6 Å². The maximum atomic E-state index is 13.2. The molecule has 0 bridgehead atoms. The van der Waals surface area contributed by atoms with Crippen LogP contribution in [0.4, 0.5) is 0 Å². The quantitative estimate of drug-likeness (QED) is 0.664. The Balaban J connectivity index is 1.82. The first-order valence-electron chi connectivity index (χ1n) is 10.9. The first-order valence-corrected chi connectivity index (χ1v) is 12.3. The van der Waals surface area contributed by atoms with Gasteiger partial charge >= 0.3 is 7.12 Å². The Bertz CT molecular complexity index is 914. The molecule has 9 heteroatoms. The van der Waals surface area contributed by atoms with E-state index < -0.39 is 33.9 Å². The first-order chi connectivity index (χ1) is 14.0. The standard InChI is InChI=1S/C22H36BNO6S/c1-14-11-15(2)18(12-17(14)23-29-21(5,6)22(7,8)30-23)31(26,27)24-16-9-10-19(28-13-16)20(3,4)25/h11-12,16,19,24-25H,9-10,13H2,1-8H3/t16-,19+/m1/s1. The molecular formula is C22H36BNO6S. The Morgan fingerprint density at radius 1 is 1.06 bits per heavy atom. The minimum atomic E-state index is -3.77. The van der Waals surface area contributed by atoms with Crippen molar-refractivity contribution in [2.45, 2.75) is 102 Å². The zero-order valence-corrected chi connectivity index (χ0v) is 20.7. The molecule has 3 rings (SSSR count). The van der Waals surface area contributed by atoms with Gasteiger partial charge in [-0.05, 0) is 85.3 Å². The van der Waals surface area contributed by atoms with Gasteiger partial charge in [0.05, 0.1) is 34.4 Å². The number of nitrogens with one attached hydrogen (secondary N) is 1. The fraction of sp³-hybridized carbons (Fsp3) is 0.727. The van der Waals surface area contributed by atoms with E-state index in [1.54, 1.807) is 26.8 Å². The second-order valence-electron chi connectivity index (χ2n) is 10.4. The number of benzene rings is 1. The molecule has 0 unspecified atom stereocenters. The Morgan fingerprint density at radius 2 is 1.65 bits per heavy atom. The van der Waals surface area contributed by atoms with Crippen molar-refractivity contribution in [3.05, 3.63) is 23.3 Å². The molecule has 2 saturated heterocycles. The van der Waals surface area contributed by atoms with Crippen molar-refractivity contribution in [3.8, 4) is 0 Å². The third kappa shape index (κ3) is 5.02. The lowest BCUT2D eigenvalue weighted by Gasteiger charge is -2.36. The van der Waals surface area contributed by atoms with Crippen LogP contribution in [0.1, 0.15) is 65.5 Å². The summed E-state index contributed by atoms with van der Waals surface area (Å²) >= 11 is 0. The monoisotopic (exact) mass is 453 g/mol. The van der Waals surface area contributed by atoms with E-state index in [1.807, 2.05) is 40.7 Å². The van der Waals surface area contributed by atoms with E-state index in [0.29, 0.717) is 23.9 Å². The van der Waals surface area contributed by atoms with Gasteiger partial charge in [0.25, 0.3) is 0 Å². The second-order valence-corrected chi connectivity index (χ2v) is 12.1.